The third-order valence-electron chi connectivity index (χ3n) is 3.50. The van der Waals surface area contributed by atoms with Crippen LogP contribution in [0, 0.1) is 11.6 Å². The maximum absolute atomic E-state index is 13.4. The molecule has 1 amide bonds. The number of carboxylic acid groups (broad SMARTS) is 1. The molecule has 0 spiro atoms. The van der Waals surface area contributed by atoms with Crippen LogP contribution >= 0.6 is 0 Å². The fourth-order valence-electron chi connectivity index (χ4n) is 2.08. The molecule has 122 valence electrons. The maximum Gasteiger partial charge on any atom is 0.305 e. The van der Waals surface area contributed by atoms with E-state index < -0.39 is 35.7 Å². The van der Waals surface area contributed by atoms with Crippen LogP contribution in [0.5, 0.6) is 5.75 Å². The van der Waals surface area contributed by atoms with Crippen molar-refractivity contribution in [2.24, 2.45) is 0 Å². The third-order valence-corrected chi connectivity index (χ3v) is 3.50. The Bertz CT molecular complexity index is 544. The number of aliphatic carboxylic acids is 1. The molecule has 0 saturated heterocycles. The van der Waals surface area contributed by atoms with Gasteiger partial charge in [0, 0.05) is 6.07 Å². The molecule has 0 aromatic heterocycles. The van der Waals surface area contributed by atoms with Crippen LogP contribution in [-0.4, -0.2) is 29.1 Å². The van der Waals surface area contributed by atoms with Crippen molar-refractivity contribution in [3.05, 3.63) is 29.8 Å². The van der Waals surface area contributed by atoms with Crippen molar-refractivity contribution in [1.82, 2.24) is 5.32 Å². The molecular formula is C15H19F2NO4. The summed E-state index contributed by atoms with van der Waals surface area (Å²) < 4.78 is 31.1. The zero-order valence-electron chi connectivity index (χ0n) is 12.5. The van der Waals surface area contributed by atoms with Crippen LogP contribution in [0.15, 0.2) is 18.2 Å². The molecule has 2 N–H and O–H groups in total. The summed E-state index contributed by atoms with van der Waals surface area (Å²) in [4.78, 5) is 22.8. The third kappa shape index (κ3) is 4.98. The molecule has 0 unspecified atom stereocenters. The molecular weight excluding hydrogens is 296 g/mol. The van der Waals surface area contributed by atoms with Gasteiger partial charge in [0.1, 0.15) is 5.82 Å². The van der Waals surface area contributed by atoms with E-state index in [4.69, 9.17) is 9.84 Å². The van der Waals surface area contributed by atoms with Crippen LogP contribution in [0.2, 0.25) is 0 Å². The number of carbonyl (C=O) groups excluding carboxylic acids is 1. The van der Waals surface area contributed by atoms with Gasteiger partial charge in [0.2, 0.25) is 0 Å². The summed E-state index contributed by atoms with van der Waals surface area (Å²) in [5.41, 5.74) is -0.867. The minimum atomic E-state index is -1.02. The predicted octanol–water partition coefficient (Wildman–Crippen LogP) is 2.49. The van der Waals surface area contributed by atoms with Gasteiger partial charge < -0.3 is 15.2 Å². The predicted molar refractivity (Wildman–Crippen MR) is 75.6 cm³/mol. The Kier molecular flexibility index (Phi) is 6.27. The number of amides is 1. The minimum absolute atomic E-state index is 0.212. The first-order valence-corrected chi connectivity index (χ1v) is 6.92. The maximum atomic E-state index is 13.4. The van der Waals surface area contributed by atoms with E-state index in [-0.39, 0.29) is 12.2 Å². The summed E-state index contributed by atoms with van der Waals surface area (Å²) in [6.45, 7) is 3.06. The molecule has 0 heterocycles. The summed E-state index contributed by atoms with van der Waals surface area (Å²) in [6.07, 6.45) is 0.662. The van der Waals surface area contributed by atoms with Gasteiger partial charge in [-0.05, 0) is 25.0 Å². The van der Waals surface area contributed by atoms with Crippen LogP contribution in [-0.2, 0) is 9.59 Å². The lowest BCUT2D eigenvalue weighted by Crippen LogP contribution is -2.50. The molecule has 22 heavy (non-hydrogen) atoms. The van der Waals surface area contributed by atoms with Gasteiger partial charge in [0.15, 0.2) is 18.2 Å². The van der Waals surface area contributed by atoms with Crippen molar-refractivity contribution >= 4 is 11.9 Å². The largest absolute Gasteiger partial charge is 0.481 e. The summed E-state index contributed by atoms with van der Waals surface area (Å²) in [5, 5.41) is 11.5. The second-order valence-corrected chi connectivity index (χ2v) is 4.97. The lowest BCUT2D eigenvalue weighted by atomic mass is 9.89. The van der Waals surface area contributed by atoms with Gasteiger partial charge >= 0.3 is 5.97 Å². The average Bonchev–Trinajstić information content (AvgIpc) is 2.45. The smallest absolute Gasteiger partial charge is 0.305 e. The number of benzene rings is 1. The van der Waals surface area contributed by atoms with Crippen LogP contribution < -0.4 is 10.1 Å². The summed E-state index contributed by atoms with van der Waals surface area (Å²) in [6, 6.07) is 2.76. The second kappa shape index (κ2) is 7.72. The molecule has 0 fully saturated rings. The van der Waals surface area contributed by atoms with Gasteiger partial charge in [-0.25, -0.2) is 8.78 Å². The number of ether oxygens (including phenoxy) is 1. The molecule has 0 saturated carbocycles. The molecule has 7 heteroatoms. The average molecular weight is 315 g/mol. The number of carboxylic acids is 1. The zero-order chi connectivity index (χ0) is 16.8. The van der Waals surface area contributed by atoms with Gasteiger partial charge in [0.25, 0.3) is 5.91 Å². The number of rotatable bonds is 8. The van der Waals surface area contributed by atoms with E-state index in [0.29, 0.717) is 18.9 Å². The van der Waals surface area contributed by atoms with Crippen LogP contribution in [0.4, 0.5) is 8.78 Å². The molecule has 0 bridgehead atoms. The standard InChI is InChI=1S/C15H19F2NO4/c1-3-15(4-2,8-14(20)21)18-13(19)9-22-12-6-5-10(16)7-11(12)17/h5-7H,3-4,8-9H2,1-2H3,(H,18,19)(H,20,21). The van der Waals surface area contributed by atoms with Gasteiger partial charge in [-0.15, -0.1) is 0 Å². The Balaban J connectivity index is 2.66. The Morgan fingerprint density at radius 2 is 1.91 bits per heavy atom. The van der Waals surface area contributed by atoms with E-state index in [9.17, 15) is 18.4 Å². The van der Waals surface area contributed by atoms with Crippen molar-refractivity contribution in [2.45, 2.75) is 38.6 Å². The highest BCUT2D eigenvalue weighted by molar-refractivity contribution is 5.79. The summed E-state index contributed by atoms with van der Waals surface area (Å²) >= 11 is 0. The van der Waals surface area contributed by atoms with E-state index in [1.165, 1.54) is 0 Å². The lowest BCUT2D eigenvalue weighted by Gasteiger charge is -2.31. The number of halogens is 2. The molecule has 1 aromatic carbocycles. The van der Waals surface area contributed by atoms with Crippen molar-refractivity contribution in [3.8, 4) is 5.75 Å². The van der Waals surface area contributed by atoms with Crippen LogP contribution in [0.1, 0.15) is 33.1 Å². The van der Waals surface area contributed by atoms with Crippen molar-refractivity contribution in [3.63, 3.8) is 0 Å². The molecule has 0 aliphatic heterocycles. The molecule has 0 aliphatic rings. The highest BCUT2D eigenvalue weighted by Gasteiger charge is 2.31. The SMILES string of the molecule is CCC(CC)(CC(=O)O)NC(=O)COc1ccc(F)cc1F. The van der Waals surface area contributed by atoms with E-state index >= 15 is 0 Å². The molecule has 0 aliphatic carbocycles. The van der Waals surface area contributed by atoms with E-state index in [1.54, 1.807) is 13.8 Å². The molecule has 1 aromatic rings. The topological polar surface area (TPSA) is 75.6 Å². The quantitative estimate of drug-likeness (QED) is 0.773. The summed E-state index contributed by atoms with van der Waals surface area (Å²) in [5.74, 6) is -3.47. The number of hydrogen-bond donors (Lipinski definition) is 2. The normalized spacial score (nSPS) is 11.1. The Labute approximate surface area is 127 Å². The molecule has 5 nitrogen and oxygen atoms in total. The first-order valence-electron chi connectivity index (χ1n) is 6.92. The van der Waals surface area contributed by atoms with E-state index in [1.807, 2.05) is 0 Å². The lowest BCUT2D eigenvalue weighted by molar-refractivity contribution is -0.139. The Morgan fingerprint density at radius 3 is 2.41 bits per heavy atom. The fraction of sp³-hybridized carbons (Fsp3) is 0.467. The zero-order valence-corrected chi connectivity index (χ0v) is 12.5. The monoisotopic (exact) mass is 315 g/mol. The molecule has 0 radical (unpaired) electrons. The number of carbonyl (C=O) groups is 2. The van der Waals surface area contributed by atoms with Gasteiger partial charge in [-0.2, -0.15) is 0 Å². The number of nitrogens with one attached hydrogen (secondary N) is 1. The van der Waals surface area contributed by atoms with Crippen molar-refractivity contribution < 1.29 is 28.2 Å². The Morgan fingerprint density at radius 1 is 1.27 bits per heavy atom. The van der Waals surface area contributed by atoms with Crippen LogP contribution in [0.25, 0.3) is 0 Å². The van der Waals surface area contributed by atoms with Crippen molar-refractivity contribution in [2.75, 3.05) is 6.61 Å². The van der Waals surface area contributed by atoms with E-state index in [0.717, 1.165) is 12.1 Å². The summed E-state index contributed by atoms with van der Waals surface area (Å²) in [7, 11) is 0. The van der Waals surface area contributed by atoms with Crippen molar-refractivity contribution in [1.29, 1.82) is 0 Å². The fourth-order valence-corrected chi connectivity index (χ4v) is 2.08. The first-order chi connectivity index (χ1) is 10.3. The molecule has 1 rings (SSSR count). The van der Waals surface area contributed by atoms with Gasteiger partial charge in [-0.1, -0.05) is 13.8 Å². The van der Waals surface area contributed by atoms with Gasteiger partial charge in [-0.3, -0.25) is 9.59 Å². The molecule has 0 atom stereocenters. The highest BCUT2D eigenvalue weighted by Crippen LogP contribution is 2.20. The van der Waals surface area contributed by atoms with Crippen LogP contribution in [0.3, 0.4) is 0 Å². The Hall–Kier alpha value is -2.18. The number of hydrogen-bond acceptors (Lipinski definition) is 3. The van der Waals surface area contributed by atoms with Gasteiger partial charge in [0.05, 0.1) is 12.0 Å². The first kappa shape index (κ1) is 17.9. The van der Waals surface area contributed by atoms with E-state index in [2.05, 4.69) is 5.32 Å². The minimum Gasteiger partial charge on any atom is -0.481 e. The highest BCUT2D eigenvalue weighted by atomic mass is 19.1. The second-order valence-electron chi connectivity index (χ2n) is 4.97.